The third-order valence-electron chi connectivity index (χ3n) is 3.75. The molecule has 1 aliphatic rings. The second-order valence-corrected chi connectivity index (χ2v) is 5.25. The zero-order valence-electron chi connectivity index (χ0n) is 12.6. The molecule has 0 aliphatic carbocycles. The predicted octanol–water partition coefficient (Wildman–Crippen LogP) is 2.17. The van der Waals surface area contributed by atoms with Gasteiger partial charge in [0.15, 0.2) is 6.61 Å². The van der Waals surface area contributed by atoms with E-state index in [4.69, 9.17) is 4.74 Å². The molecule has 2 N–H and O–H groups in total. The first kappa shape index (κ1) is 17.8. The van der Waals surface area contributed by atoms with Crippen LogP contribution in [0.4, 0.5) is 0 Å². The van der Waals surface area contributed by atoms with Crippen molar-refractivity contribution in [2.24, 2.45) is 5.92 Å². The molecule has 21 heavy (non-hydrogen) atoms. The van der Waals surface area contributed by atoms with Crippen LogP contribution < -0.4 is 15.4 Å². The monoisotopic (exact) mass is 312 g/mol. The van der Waals surface area contributed by atoms with Crippen molar-refractivity contribution >= 4 is 18.3 Å². The van der Waals surface area contributed by atoms with Crippen LogP contribution in [0.5, 0.6) is 5.75 Å². The standard InChI is InChI=1S/C16H24N2O2.ClH/c1-2-14-5-3-4-6-15(14)20-12-16(19)18-10-8-13-7-9-17-11-13;/h3-6,13,17H,2,7-12H2,1H3,(H,18,19);1H. The van der Waals surface area contributed by atoms with Crippen LogP contribution in [0, 0.1) is 5.92 Å². The van der Waals surface area contributed by atoms with Crippen molar-refractivity contribution in [1.82, 2.24) is 10.6 Å². The number of aryl methyl sites for hydroxylation is 1. The summed E-state index contributed by atoms with van der Waals surface area (Å²) in [6.45, 7) is 5.10. The lowest BCUT2D eigenvalue weighted by molar-refractivity contribution is -0.123. The average Bonchev–Trinajstić information content (AvgIpc) is 2.98. The number of halogens is 1. The summed E-state index contributed by atoms with van der Waals surface area (Å²) in [5.41, 5.74) is 1.14. The zero-order valence-corrected chi connectivity index (χ0v) is 13.4. The number of amides is 1. The molecule has 2 rings (SSSR count). The Morgan fingerprint density at radius 1 is 1.43 bits per heavy atom. The van der Waals surface area contributed by atoms with E-state index in [1.807, 2.05) is 24.3 Å². The Kier molecular flexibility index (Phi) is 8.16. The number of nitrogens with one attached hydrogen (secondary N) is 2. The maximum Gasteiger partial charge on any atom is 0.257 e. The van der Waals surface area contributed by atoms with E-state index in [9.17, 15) is 4.79 Å². The Morgan fingerprint density at radius 2 is 2.24 bits per heavy atom. The third-order valence-corrected chi connectivity index (χ3v) is 3.75. The summed E-state index contributed by atoms with van der Waals surface area (Å²) in [6.07, 6.45) is 3.17. The van der Waals surface area contributed by atoms with Crippen molar-refractivity contribution in [3.63, 3.8) is 0 Å². The molecule has 4 nitrogen and oxygen atoms in total. The van der Waals surface area contributed by atoms with Gasteiger partial charge in [-0.15, -0.1) is 12.4 Å². The van der Waals surface area contributed by atoms with Crippen molar-refractivity contribution in [3.8, 4) is 5.75 Å². The molecule has 1 saturated heterocycles. The Bertz CT molecular complexity index is 434. The Hall–Kier alpha value is -1.26. The molecule has 5 heteroatoms. The molecule has 0 radical (unpaired) electrons. The minimum Gasteiger partial charge on any atom is -0.483 e. The molecule has 1 atom stereocenters. The van der Waals surface area contributed by atoms with E-state index in [0.29, 0.717) is 5.92 Å². The van der Waals surface area contributed by atoms with Crippen molar-refractivity contribution < 1.29 is 9.53 Å². The predicted molar refractivity (Wildman–Crippen MR) is 87.2 cm³/mol. The van der Waals surface area contributed by atoms with E-state index >= 15 is 0 Å². The minimum absolute atomic E-state index is 0. The van der Waals surface area contributed by atoms with Crippen LogP contribution in [0.25, 0.3) is 0 Å². The van der Waals surface area contributed by atoms with Crippen LogP contribution >= 0.6 is 12.4 Å². The molecule has 118 valence electrons. The molecule has 0 spiro atoms. The number of rotatable bonds is 7. The normalized spacial score (nSPS) is 17.1. The largest absolute Gasteiger partial charge is 0.483 e. The molecule has 0 saturated carbocycles. The number of hydrogen-bond donors (Lipinski definition) is 2. The van der Waals surface area contributed by atoms with Gasteiger partial charge in [-0.05, 0) is 49.9 Å². The van der Waals surface area contributed by atoms with Crippen molar-refractivity contribution in [3.05, 3.63) is 29.8 Å². The molecule has 1 aromatic rings. The van der Waals surface area contributed by atoms with E-state index in [-0.39, 0.29) is 24.9 Å². The van der Waals surface area contributed by atoms with Gasteiger partial charge in [0.25, 0.3) is 5.91 Å². The topological polar surface area (TPSA) is 50.4 Å². The molecular formula is C16H25ClN2O2. The number of ether oxygens (including phenoxy) is 1. The lowest BCUT2D eigenvalue weighted by Crippen LogP contribution is -2.31. The quantitative estimate of drug-likeness (QED) is 0.811. The summed E-state index contributed by atoms with van der Waals surface area (Å²) in [7, 11) is 0. The highest BCUT2D eigenvalue weighted by Crippen LogP contribution is 2.18. The summed E-state index contributed by atoms with van der Waals surface area (Å²) in [5.74, 6) is 1.48. The van der Waals surface area contributed by atoms with E-state index in [2.05, 4.69) is 17.6 Å². The van der Waals surface area contributed by atoms with Gasteiger partial charge in [-0.1, -0.05) is 25.1 Å². The summed E-state index contributed by atoms with van der Waals surface area (Å²) in [6, 6.07) is 7.86. The van der Waals surface area contributed by atoms with Crippen molar-refractivity contribution in [1.29, 1.82) is 0 Å². The smallest absolute Gasteiger partial charge is 0.257 e. The SMILES string of the molecule is CCc1ccccc1OCC(=O)NCCC1CCNC1.Cl. The van der Waals surface area contributed by atoms with Gasteiger partial charge in [0.05, 0.1) is 0 Å². The lowest BCUT2D eigenvalue weighted by atomic mass is 10.1. The molecular weight excluding hydrogens is 288 g/mol. The lowest BCUT2D eigenvalue weighted by Gasteiger charge is -2.11. The summed E-state index contributed by atoms with van der Waals surface area (Å²) < 4.78 is 5.59. The van der Waals surface area contributed by atoms with E-state index in [0.717, 1.165) is 43.8 Å². The average molecular weight is 313 g/mol. The number of benzene rings is 1. The van der Waals surface area contributed by atoms with Gasteiger partial charge in [0.2, 0.25) is 0 Å². The molecule has 1 aromatic carbocycles. The van der Waals surface area contributed by atoms with Gasteiger partial charge in [0, 0.05) is 6.54 Å². The fourth-order valence-corrected chi connectivity index (χ4v) is 2.51. The molecule has 1 unspecified atom stereocenters. The summed E-state index contributed by atoms with van der Waals surface area (Å²) >= 11 is 0. The van der Waals surface area contributed by atoms with Gasteiger partial charge < -0.3 is 15.4 Å². The van der Waals surface area contributed by atoms with Crippen LogP contribution in [0.15, 0.2) is 24.3 Å². The first-order chi connectivity index (χ1) is 9.79. The highest BCUT2D eigenvalue weighted by Gasteiger charge is 2.14. The van der Waals surface area contributed by atoms with Gasteiger partial charge in [0.1, 0.15) is 5.75 Å². The van der Waals surface area contributed by atoms with Crippen molar-refractivity contribution in [2.75, 3.05) is 26.2 Å². The minimum atomic E-state index is -0.0399. The fourth-order valence-electron chi connectivity index (χ4n) is 2.51. The van der Waals surface area contributed by atoms with Gasteiger partial charge in [-0.25, -0.2) is 0 Å². The highest BCUT2D eigenvalue weighted by atomic mass is 35.5. The molecule has 1 fully saturated rings. The van der Waals surface area contributed by atoms with Crippen LogP contribution in [-0.4, -0.2) is 32.1 Å². The maximum absolute atomic E-state index is 11.7. The molecule has 1 amide bonds. The summed E-state index contributed by atoms with van der Waals surface area (Å²) in [4.78, 5) is 11.7. The maximum atomic E-state index is 11.7. The number of para-hydroxylation sites is 1. The second kappa shape index (κ2) is 9.64. The number of carbonyl (C=O) groups excluding carboxylic acids is 1. The highest BCUT2D eigenvalue weighted by molar-refractivity contribution is 5.85. The molecule has 0 aromatic heterocycles. The van der Waals surface area contributed by atoms with E-state index in [1.165, 1.54) is 6.42 Å². The van der Waals surface area contributed by atoms with E-state index in [1.54, 1.807) is 0 Å². The molecule has 0 bridgehead atoms. The first-order valence-electron chi connectivity index (χ1n) is 7.47. The number of hydrogen-bond acceptors (Lipinski definition) is 3. The van der Waals surface area contributed by atoms with Gasteiger partial charge >= 0.3 is 0 Å². The fraction of sp³-hybridized carbons (Fsp3) is 0.562. The molecule has 1 aliphatic heterocycles. The van der Waals surface area contributed by atoms with Crippen molar-refractivity contribution in [2.45, 2.75) is 26.2 Å². The Balaban J connectivity index is 0.00000220. The Labute approximate surface area is 133 Å². The Morgan fingerprint density at radius 3 is 2.95 bits per heavy atom. The zero-order chi connectivity index (χ0) is 14.2. The first-order valence-corrected chi connectivity index (χ1v) is 7.47. The second-order valence-electron chi connectivity index (χ2n) is 5.25. The van der Waals surface area contributed by atoms with Gasteiger partial charge in [-0.3, -0.25) is 4.79 Å². The van der Waals surface area contributed by atoms with Crippen LogP contribution in [-0.2, 0) is 11.2 Å². The van der Waals surface area contributed by atoms with Crippen LogP contribution in [0.2, 0.25) is 0 Å². The number of carbonyl (C=O) groups is 1. The van der Waals surface area contributed by atoms with E-state index < -0.39 is 0 Å². The van der Waals surface area contributed by atoms with Crippen LogP contribution in [0.3, 0.4) is 0 Å². The van der Waals surface area contributed by atoms with Crippen LogP contribution in [0.1, 0.15) is 25.3 Å². The third kappa shape index (κ3) is 5.94. The summed E-state index contributed by atoms with van der Waals surface area (Å²) in [5, 5.41) is 6.26. The molecule has 1 heterocycles. The van der Waals surface area contributed by atoms with Gasteiger partial charge in [-0.2, -0.15) is 0 Å².